The molecule has 0 bridgehead atoms. The number of aliphatic hydroxyl groups is 1. The normalized spacial score (nSPS) is 20.1. The van der Waals surface area contributed by atoms with Crippen LogP contribution in [0, 0.1) is 12.3 Å². The molecule has 2 heterocycles. The van der Waals surface area contributed by atoms with E-state index in [4.69, 9.17) is 4.42 Å². The number of ketones is 1. The summed E-state index contributed by atoms with van der Waals surface area (Å²) < 4.78 is 5.94. The Morgan fingerprint density at radius 2 is 1.80 bits per heavy atom. The second-order valence-corrected chi connectivity index (χ2v) is 9.31. The highest BCUT2D eigenvalue weighted by Crippen LogP contribution is 2.38. The zero-order valence-electron chi connectivity index (χ0n) is 18.0. The van der Waals surface area contributed by atoms with Crippen molar-refractivity contribution in [3.63, 3.8) is 0 Å². The number of β-amino-alcohol motifs (C(OH)–C–C–N with tert-alkyl or cyclic N) is 1. The third-order valence-corrected chi connectivity index (χ3v) is 6.25. The molecule has 1 aromatic carbocycles. The molecular formula is C24H30N2O4. The number of benzene rings is 1. The lowest BCUT2D eigenvalue weighted by atomic mass is 9.76. The molecule has 6 nitrogen and oxygen atoms in total. The van der Waals surface area contributed by atoms with Crippen LogP contribution in [0.5, 0.6) is 0 Å². The molecule has 1 atom stereocenters. The minimum Gasteiger partial charge on any atom is -0.455 e. The molecular weight excluding hydrogens is 380 g/mol. The molecule has 2 aliphatic rings. The van der Waals surface area contributed by atoms with Crippen LogP contribution in [0.4, 0.5) is 0 Å². The topological polar surface area (TPSA) is 74.0 Å². The van der Waals surface area contributed by atoms with Gasteiger partial charge in [0.1, 0.15) is 5.76 Å². The quantitative estimate of drug-likeness (QED) is 0.838. The van der Waals surface area contributed by atoms with Crippen molar-refractivity contribution in [1.29, 1.82) is 0 Å². The molecule has 4 rings (SSSR count). The summed E-state index contributed by atoms with van der Waals surface area (Å²) >= 11 is 0. The predicted molar refractivity (Wildman–Crippen MR) is 114 cm³/mol. The lowest BCUT2D eigenvalue weighted by Gasteiger charge is -2.35. The molecule has 0 spiro atoms. The second kappa shape index (κ2) is 8.00. The Balaban J connectivity index is 1.40. The summed E-state index contributed by atoms with van der Waals surface area (Å²) in [5.41, 5.74) is 2.06. The molecule has 1 aromatic heterocycles. The van der Waals surface area contributed by atoms with E-state index in [9.17, 15) is 14.7 Å². The van der Waals surface area contributed by atoms with E-state index in [1.807, 2.05) is 37.3 Å². The molecule has 0 radical (unpaired) electrons. The summed E-state index contributed by atoms with van der Waals surface area (Å²) in [5, 5.41) is 10.5. The van der Waals surface area contributed by atoms with Crippen molar-refractivity contribution < 1.29 is 19.1 Å². The number of aliphatic hydroxyl groups excluding tert-OH is 1. The molecule has 1 amide bonds. The van der Waals surface area contributed by atoms with Crippen molar-refractivity contribution in [2.45, 2.75) is 39.7 Å². The number of carbonyl (C=O) groups excluding carboxylic acids is 2. The highest BCUT2D eigenvalue weighted by atomic mass is 16.4. The molecule has 6 heteroatoms. The summed E-state index contributed by atoms with van der Waals surface area (Å²) in [7, 11) is 0. The van der Waals surface area contributed by atoms with Gasteiger partial charge in [-0.1, -0.05) is 44.2 Å². The fourth-order valence-corrected chi connectivity index (χ4v) is 4.59. The van der Waals surface area contributed by atoms with Gasteiger partial charge in [-0.3, -0.25) is 14.5 Å². The van der Waals surface area contributed by atoms with Crippen molar-refractivity contribution in [1.82, 2.24) is 9.80 Å². The van der Waals surface area contributed by atoms with Gasteiger partial charge in [-0.15, -0.1) is 0 Å². The maximum absolute atomic E-state index is 13.1. The Morgan fingerprint density at radius 1 is 1.13 bits per heavy atom. The largest absolute Gasteiger partial charge is 0.455 e. The number of piperazine rings is 1. The van der Waals surface area contributed by atoms with Gasteiger partial charge in [0.15, 0.2) is 11.5 Å². The van der Waals surface area contributed by atoms with Crippen LogP contribution >= 0.6 is 0 Å². The van der Waals surface area contributed by atoms with Crippen LogP contribution in [0.3, 0.4) is 0 Å². The van der Waals surface area contributed by atoms with Crippen LogP contribution in [-0.2, 0) is 6.42 Å². The summed E-state index contributed by atoms with van der Waals surface area (Å²) in [6.45, 7) is 9.01. The molecule has 1 unspecified atom stereocenters. The van der Waals surface area contributed by atoms with E-state index in [-0.39, 0.29) is 17.1 Å². The average Bonchev–Trinajstić information content (AvgIpc) is 3.03. The van der Waals surface area contributed by atoms with Gasteiger partial charge in [-0.05, 0) is 17.9 Å². The van der Waals surface area contributed by atoms with Crippen molar-refractivity contribution in [3.05, 3.63) is 58.5 Å². The minimum absolute atomic E-state index is 0.0706. The molecule has 1 saturated heterocycles. The average molecular weight is 411 g/mol. The molecule has 1 aliphatic carbocycles. The van der Waals surface area contributed by atoms with Crippen LogP contribution < -0.4 is 0 Å². The van der Waals surface area contributed by atoms with Gasteiger partial charge in [-0.25, -0.2) is 0 Å². The Kier molecular flexibility index (Phi) is 5.55. The molecule has 1 fully saturated rings. The monoisotopic (exact) mass is 410 g/mol. The lowest BCUT2D eigenvalue weighted by molar-refractivity contribution is 0.0500. The number of hydrogen-bond acceptors (Lipinski definition) is 5. The molecule has 0 saturated carbocycles. The number of nitrogens with zero attached hydrogens (tertiary/aromatic N) is 2. The Bertz CT molecular complexity index is 940. The smallest absolute Gasteiger partial charge is 0.289 e. The van der Waals surface area contributed by atoms with Crippen LogP contribution in [0.15, 0.2) is 34.7 Å². The van der Waals surface area contributed by atoms with Crippen molar-refractivity contribution in [2.24, 2.45) is 5.41 Å². The molecule has 160 valence electrons. The summed E-state index contributed by atoms with van der Waals surface area (Å²) in [5.74, 6) is 0.891. The predicted octanol–water partition coefficient (Wildman–Crippen LogP) is 3.23. The van der Waals surface area contributed by atoms with E-state index in [1.54, 1.807) is 4.90 Å². The molecule has 2 aromatic rings. The van der Waals surface area contributed by atoms with Crippen molar-refractivity contribution >= 4 is 11.7 Å². The van der Waals surface area contributed by atoms with Crippen molar-refractivity contribution in [2.75, 3.05) is 32.7 Å². The fourth-order valence-electron chi connectivity index (χ4n) is 4.59. The highest BCUT2D eigenvalue weighted by Gasteiger charge is 2.38. The summed E-state index contributed by atoms with van der Waals surface area (Å²) in [6, 6.07) is 9.63. The highest BCUT2D eigenvalue weighted by molar-refractivity contribution is 6.03. The molecule has 1 N–H and O–H groups in total. The number of rotatable bonds is 4. The summed E-state index contributed by atoms with van der Waals surface area (Å²) in [6.07, 6.45) is 0.617. The maximum atomic E-state index is 13.1. The van der Waals surface area contributed by atoms with Crippen LogP contribution in [-0.4, -0.2) is 59.3 Å². The number of hydrogen-bond donors (Lipinski definition) is 1. The van der Waals surface area contributed by atoms with Gasteiger partial charge in [0.2, 0.25) is 0 Å². The number of furan rings is 1. The zero-order valence-corrected chi connectivity index (χ0v) is 18.0. The van der Waals surface area contributed by atoms with E-state index in [0.717, 1.165) is 5.56 Å². The van der Waals surface area contributed by atoms with Crippen LogP contribution in [0.25, 0.3) is 0 Å². The van der Waals surface area contributed by atoms with Crippen LogP contribution in [0.1, 0.15) is 64.2 Å². The van der Waals surface area contributed by atoms with Gasteiger partial charge in [-0.2, -0.15) is 0 Å². The van der Waals surface area contributed by atoms with Gasteiger partial charge >= 0.3 is 0 Å². The van der Waals surface area contributed by atoms with Gasteiger partial charge < -0.3 is 14.4 Å². The first-order valence-corrected chi connectivity index (χ1v) is 10.7. The number of amides is 1. The van der Waals surface area contributed by atoms with E-state index in [0.29, 0.717) is 68.2 Å². The second-order valence-electron chi connectivity index (χ2n) is 9.31. The lowest BCUT2D eigenvalue weighted by Crippen LogP contribution is -2.49. The first-order chi connectivity index (χ1) is 14.2. The third-order valence-electron chi connectivity index (χ3n) is 6.25. The number of Topliss-reactive ketones (excluding diaryl/α,β-unsaturated/α-hetero) is 1. The van der Waals surface area contributed by atoms with E-state index < -0.39 is 6.10 Å². The minimum atomic E-state index is -0.540. The Hall–Kier alpha value is -2.44. The third kappa shape index (κ3) is 4.07. The standard InChI is InChI=1S/C24H30N2O4/c1-16-21-18(27)13-24(2,3)14-20(21)30-22(16)23(29)26-11-9-25(10-12-26)15-19(28)17-7-5-4-6-8-17/h4-8,19,28H,9-15H2,1-3H3. The first-order valence-electron chi connectivity index (χ1n) is 10.7. The Labute approximate surface area is 177 Å². The zero-order chi connectivity index (χ0) is 21.5. The molecule has 30 heavy (non-hydrogen) atoms. The number of fused-ring (bicyclic) bond motifs is 1. The SMILES string of the molecule is Cc1c(C(=O)N2CCN(CC(O)c3ccccc3)CC2)oc2c1C(=O)CC(C)(C)C2. The van der Waals surface area contributed by atoms with Gasteiger partial charge in [0.25, 0.3) is 5.91 Å². The number of carbonyl (C=O) groups is 2. The fraction of sp³-hybridized carbons (Fsp3) is 0.500. The van der Waals surface area contributed by atoms with E-state index in [2.05, 4.69) is 18.7 Å². The van der Waals surface area contributed by atoms with E-state index >= 15 is 0 Å². The van der Waals surface area contributed by atoms with E-state index in [1.165, 1.54) is 0 Å². The summed E-state index contributed by atoms with van der Waals surface area (Å²) in [4.78, 5) is 29.7. The van der Waals surface area contributed by atoms with Crippen molar-refractivity contribution in [3.8, 4) is 0 Å². The van der Waals surface area contributed by atoms with Crippen LogP contribution in [0.2, 0.25) is 0 Å². The first kappa shape index (κ1) is 20.8. The van der Waals surface area contributed by atoms with Gasteiger partial charge in [0.05, 0.1) is 11.7 Å². The van der Waals surface area contributed by atoms with Gasteiger partial charge in [0, 0.05) is 51.1 Å². The molecule has 1 aliphatic heterocycles. The maximum Gasteiger partial charge on any atom is 0.289 e. The Morgan fingerprint density at radius 3 is 2.47 bits per heavy atom.